The Hall–Kier alpha value is -1.67. The van der Waals surface area contributed by atoms with Crippen LogP contribution < -0.4 is 16.0 Å². The molecule has 0 aromatic heterocycles. The Morgan fingerprint density at radius 1 is 1.40 bits per heavy atom. The van der Waals surface area contributed by atoms with Gasteiger partial charge in [0, 0.05) is 13.1 Å². The summed E-state index contributed by atoms with van der Waals surface area (Å²) in [5.74, 6) is -0.478. The van der Waals surface area contributed by atoms with Crippen molar-refractivity contribution in [2.24, 2.45) is 0 Å². The highest BCUT2D eigenvalue weighted by Crippen LogP contribution is 2.25. The third-order valence-electron chi connectivity index (χ3n) is 4.22. The van der Waals surface area contributed by atoms with E-state index in [9.17, 15) is 19.5 Å². The highest BCUT2D eigenvalue weighted by molar-refractivity contribution is 6.07. The highest BCUT2D eigenvalue weighted by Gasteiger charge is 2.50. The molecule has 4 N–H and O–H groups in total. The first kappa shape index (κ1) is 13.3. The average molecular weight is 282 g/mol. The lowest BCUT2D eigenvalue weighted by Gasteiger charge is -2.39. The summed E-state index contributed by atoms with van der Waals surface area (Å²) < 4.78 is 0. The minimum Gasteiger partial charge on any atom is -0.392 e. The van der Waals surface area contributed by atoms with Crippen LogP contribution in [0.4, 0.5) is 4.79 Å². The molecule has 0 aromatic rings. The average Bonchev–Trinajstić information content (AvgIpc) is 2.94. The molecule has 3 fully saturated rings. The second-order valence-electron chi connectivity index (χ2n) is 5.70. The number of aliphatic hydroxyl groups is 1. The number of hydrogen-bond donors (Lipinski definition) is 4. The largest absolute Gasteiger partial charge is 0.392 e. The summed E-state index contributed by atoms with van der Waals surface area (Å²) >= 11 is 0. The molecule has 3 saturated heterocycles. The molecular weight excluding hydrogens is 264 g/mol. The van der Waals surface area contributed by atoms with Crippen LogP contribution in [0.2, 0.25) is 0 Å². The van der Waals surface area contributed by atoms with E-state index < -0.39 is 23.7 Å². The van der Waals surface area contributed by atoms with Crippen LogP contribution in [0.3, 0.4) is 0 Å². The van der Waals surface area contributed by atoms with Gasteiger partial charge in [-0.05, 0) is 19.3 Å². The SMILES string of the molecule is O=C1NC(=O)C2(CCCN(C(=O)C3CC(O)CN3)C2)N1. The molecule has 3 unspecified atom stereocenters. The van der Waals surface area contributed by atoms with Crippen molar-refractivity contribution in [1.29, 1.82) is 0 Å². The van der Waals surface area contributed by atoms with E-state index in [0.717, 1.165) is 0 Å². The number of urea groups is 1. The Kier molecular flexibility index (Phi) is 3.14. The van der Waals surface area contributed by atoms with E-state index in [2.05, 4.69) is 16.0 Å². The molecule has 3 heterocycles. The van der Waals surface area contributed by atoms with E-state index >= 15 is 0 Å². The first-order valence-corrected chi connectivity index (χ1v) is 6.84. The fourth-order valence-corrected chi connectivity index (χ4v) is 3.18. The number of aliphatic hydroxyl groups excluding tert-OH is 1. The van der Waals surface area contributed by atoms with Crippen molar-refractivity contribution in [2.45, 2.75) is 36.9 Å². The third kappa shape index (κ3) is 2.14. The number of hydrogen-bond acceptors (Lipinski definition) is 5. The molecule has 1 spiro atoms. The van der Waals surface area contributed by atoms with Crippen molar-refractivity contribution in [1.82, 2.24) is 20.9 Å². The number of rotatable bonds is 1. The maximum atomic E-state index is 12.4. The predicted octanol–water partition coefficient (Wildman–Crippen LogP) is -2.09. The first-order chi connectivity index (χ1) is 9.50. The van der Waals surface area contributed by atoms with Crippen LogP contribution in [0.15, 0.2) is 0 Å². The third-order valence-corrected chi connectivity index (χ3v) is 4.22. The van der Waals surface area contributed by atoms with E-state index in [1.807, 2.05) is 0 Å². The maximum Gasteiger partial charge on any atom is 0.322 e. The molecule has 8 heteroatoms. The molecular formula is C12H18N4O4. The maximum absolute atomic E-state index is 12.4. The number of carbonyl (C=O) groups is 3. The molecule has 4 amide bonds. The lowest BCUT2D eigenvalue weighted by molar-refractivity contribution is -0.137. The molecule has 3 rings (SSSR count). The second-order valence-corrected chi connectivity index (χ2v) is 5.70. The molecule has 3 atom stereocenters. The Morgan fingerprint density at radius 2 is 2.20 bits per heavy atom. The fourth-order valence-electron chi connectivity index (χ4n) is 3.18. The van der Waals surface area contributed by atoms with Gasteiger partial charge in [-0.3, -0.25) is 14.9 Å². The zero-order valence-electron chi connectivity index (χ0n) is 11.0. The molecule has 0 bridgehead atoms. The lowest BCUT2D eigenvalue weighted by atomic mass is 9.89. The Balaban J connectivity index is 1.71. The summed E-state index contributed by atoms with van der Waals surface area (Å²) in [7, 11) is 0. The van der Waals surface area contributed by atoms with E-state index in [4.69, 9.17) is 0 Å². The summed E-state index contributed by atoms with van der Waals surface area (Å²) in [6.07, 6.45) is 1.09. The number of nitrogens with zero attached hydrogens (tertiary/aromatic N) is 1. The van der Waals surface area contributed by atoms with Gasteiger partial charge >= 0.3 is 6.03 Å². The van der Waals surface area contributed by atoms with Crippen molar-refractivity contribution >= 4 is 17.8 Å². The van der Waals surface area contributed by atoms with Crippen molar-refractivity contribution < 1.29 is 19.5 Å². The number of β-amino-alcohol motifs (C(OH)–C–C–N with tert-alkyl or cyclic N) is 1. The van der Waals surface area contributed by atoms with Crippen LogP contribution in [0, 0.1) is 0 Å². The van der Waals surface area contributed by atoms with Gasteiger partial charge in [0.1, 0.15) is 5.54 Å². The molecule has 3 aliphatic heterocycles. The standard InChI is InChI=1S/C12H18N4O4/c17-7-4-8(13-5-7)9(18)16-3-1-2-12(6-16)10(19)14-11(20)15-12/h7-8,13,17H,1-6H2,(H2,14,15,19,20). The minimum absolute atomic E-state index is 0.116. The van der Waals surface area contributed by atoms with E-state index in [1.54, 1.807) is 4.90 Å². The molecule has 0 saturated carbocycles. The van der Waals surface area contributed by atoms with Crippen LogP contribution in [0.25, 0.3) is 0 Å². The zero-order valence-corrected chi connectivity index (χ0v) is 11.0. The van der Waals surface area contributed by atoms with Crippen molar-refractivity contribution in [3.63, 3.8) is 0 Å². The zero-order chi connectivity index (χ0) is 14.3. The summed E-state index contributed by atoms with van der Waals surface area (Å²) in [4.78, 5) is 37.2. The number of amides is 4. The fraction of sp³-hybridized carbons (Fsp3) is 0.750. The van der Waals surface area contributed by atoms with Crippen LogP contribution in [-0.4, -0.2) is 65.2 Å². The molecule has 20 heavy (non-hydrogen) atoms. The normalized spacial score (nSPS) is 37.1. The van der Waals surface area contributed by atoms with E-state index in [0.29, 0.717) is 32.4 Å². The smallest absolute Gasteiger partial charge is 0.322 e. The Labute approximate surface area is 115 Å². The van der Waals surface area contributed by atoms with Gasteiger partial charge in [0.05, 0.1) is 18.7 Å². The number of carbonyl (C=O) groups excluding carboxylic acids is 3. The quantitative estimate of drug-likeness (QED) is 0.412. The lowest BCUT2D eigenvalue weighted by Crippen LogP contribution is -2.61. The van der Waals surface area contributed by atoms with Crippen LogP contribution in [0.5, 0.6) is 0 Å². The van der Waals surface area contributed by atoms with Gasteiger partial charge in [-0.25, -0.2) is 4.79 Å². The van der Waals surface area contributed by atoms with Gasteiger partial charge in [-0.15, -0.1) is 0 Å². The van der Waals surface area contributed by atoms with Gasteiger partial charge < -0.3 is 20.6 Å². The molecule has 0 aliphatic carbocycles. The van der Waals surface area contributed by atoms with E-state index in [1.165, 1.54) is 0 Å². The minimum atomic E-state index is -0.984. The van der Waals surface area contributed by atoms with Crippen molar-refractivity contribution in [3.8, 4) is 0 Å². The van der Waals surface area contributed by atoms with Gasteiger partial charge in [0.25, 0.3) is 5.91 Å². The monoisotopic (exact) mass is 282 g/mol. The molecule has 0 radical (unpaired) electrons. The molecule has 110 valence electrons. The van der Waals surface area contributed by atoms with Gasteiger partial charge in [0.15, 0.2) is 0 Å². The second kappa shape index (κ2) is 4.71. The topological polar surface area (TPSA) is 111 Å². The Bertz CT molecular complexity index is 468. The molecule has 8 nitrogen and oxygen atoms in total. The van der Waals surface area contributed by atoms with Crippen LogP contribution in [-0.2, 0) is 9.59 Å². The summed E-state index contributed by atoms with van der Waals surface area (Å²) in [5.41, 5.74) is -0.984. The van der Waals surface area contributed by atoms with Gasteiger partial charge in [-0.1, -0.05) is 0 Å². The number of imide groups is 1. The number of piperidine rings is 1. The van der Waals surface area contributed by atoms with Crippen LogP contribution >= 0.6 is 0 Å². The summed E-state index contributed by atoms with van der Waals surface area (Å²) in [5, 5.41) is 17.3. The van der Waals surface area contributed by atoms with Crippen LogP contribution in [0.1, 0.15) is 19.3 Å². The highest BCUT2D eigenvalue weighted by atomic mass is 16.3. The number of likely N-dealkylation sites (tertiary alicyclic amines) is 1. The molecule has 3 aliphatic rings. The van der Waals surface area contributed by atoms with Gasteiger partial charge in [-0.2, -0.15) is 0 Å². The summed E-state index contributed by atoms with van der Waals surface area (Å²) in [6.45, 7) is 1.17. The first-order valence-electron chi connectivity index (χ1n) is 6.84. The van der Waals surface area contributed by atoms with Crippen molar-refractivity contribution in [3.05, 3.63) is 0 Å². The van der Waals surface area contributed by atoms with E-state index in [-0.39, 0.29) is 18.4 Å². The van der Waals surface area contributed by atoms with Crippen molar-refractivity contribution in [2.75, 3.05) is 19.6 Å². The molecule has 0 aromatic carbocycles. The number of nitrogens with one attached hydrogen (secondary N) is 3. The summed E-state index contributed by atoms with van der Waals surface area (Å²) in [6, 6.07) is -0.904. The Morgan fingerprint density at radius 3 is 2.80 bits per heavy atom. The predicted molar refractivity (Wildman–Crippen MR) is 67.6 cm³/mol. The van der Waals surface area contributed by atoms with Gasteiger partial charge in [0.2, 0.25) is 5.91 Å².